The fraction of sp³-hybridized carbons (Fsp3) is 0.364. The molecule has 2 rings (SSSR count). The van der Waals surface area contributed by atoms with Crippen molar-refractivity contribution in [2.24, 2.45) is 5.92 Å². The van der Waals surface area contributed by atoms with Gasteiger partial charge in [0, 0.05) is 12.0 Å². The van der Waals surface area contributed by atoms with E-state index in [0.717, 1.165) is 31.0 Å². The molecule has 1 aliphatic carbocycles. The van der Waals surface area contributed by atoms with E-state index in [1.54, 1.807) is 0 Å². The number of nitrogens with zero attached hydrogens (tertiary/aromatic N) is 1. The van der Waals surface area contributed by atoms with Crippen LogP contribution in [0.2, 0.25) is 0 Å². The Hall–Kier alpha value is -1.98. The number of hydrogen-bond acceptors (Lipinski definition) is 4. The Kier molecular flexibility index (Phi) is 3.03. The van der Waals surface area contributed by atoms with Crippen LogP contribution in [-0.2, 0) is 4.79 Å². The van der Waals surface area contributed by atoms with Crippen LogP contribution in [0.5, 0.6) is 5.75 Å². The number of nitro benzene ring substituents is 1. The maximum atomic E-state index is 13.3. The third-order valence-corrected chi connectivity index (χ3v) is 2.53. The number of benzene rings is 1. The van der Waals surface area contributed by atoms with E-state index in [9.17, 15) is 19.3 Å². The van der Waals surface area contributed by atoms with Gasteiger partial charge in [0.25, 0.3) is 5.69 Å². The average Bonchev–Trinajstić information content (AvgIpc) is 3.10. The van der Waals surface area contributed by atoms with Gasteiger partial charge in [-0.3, -0.25) is 14.9 Å². The first kappa shape index (κ1) is 11.5. The van der Waals surface area contributed by atoms with Crippen LogP contribution in [0.15, 0.2) is 18.2 Å². The first-order chi connectivity index (χ1) is 8.08. The third kappa shape index (κ3) is 2.77. The molecule has 0 spiro atoms. The van der Waals surface area contributed by atoms with Crippen LogP contribution in [0.3, 0.4) is 0 Å². The van der Waals surface area contributed by atoms with E-state index in [2.05, 4.69) is 0 Å². The molecule has 0 unspecified atom stereocenters. The number of non-ortho nitro benzene ring substituents is 1. The van der Waals surface area contributed by atoms with Crippen molar-refractivity contribution in [1.82, 2.24) is 0 Å². The summed E-state index contributed by atoms with van der Waals surface area (Å²) in [6, 6.07) is 3.07. The number of halogens is 1. The van der Waals surface area contributed by atoms with Gasteiger partial charge in [0.2, 0.25) is 0 Å². The predicted molar refractivity (Wildman–Crippen MR) is 56.3 cm³/mol. The van der Waals surface area contributed by atoms with E-state index in [1.807, 2.05) is 0 Å². The number of ether oxygens (including phenoxy) is 1. The molecule has 0 amide bonds. The number of carbonyl (C=O) groups is 1. The molecule has 0 atom stereocenters. The normalized spacial score (nSPS) is 14.4. The lowest BCUT2D eigenvalue weighted by Gasteiger charge is -2.05. The van der Waals surface area contributed by atoms with Gasteiger partial charge in [-0.25, -0.2) is 4.39 Å². The van der Waals surface area contributed by atoms with Crippen molar-refractivity contribution in [2.45, 2.75) is 12.8 Å². The number of carbonyl (C=O) groups excluding carboxylic acids is 1. The van der Waals surface area contributed by atoms with Gasteiger partial charge in [-0.15, -0.1) is 0 Å². The molecular formula is C11H10FNO4. The van der Waals surface area contributed by atoms with Crippen LogP contribution in [-0.4, -0.2) is 17.3 Å². The third-order valence-electron chi connectivity index (χ3n) is 2.53. The Morgan fingerprint density at radius 3 is 2.76 bits per heavy atom. The summed E-state index contributed by atoms with van der Waals surface area (Å²) >= 11 is 0. The monoisotopic (exact) mass is 239 g/mol. The number of Topliss-reactive ketones (excluding diaryl/α,β-unsaturated/α-hetero) is 1. The maximum Gasteiger partial charge on any atom is 0.272 e. The fourth-order valence-corrected chi connectivity index (χ4v) is 1.39. The highest BCUT2D eigenvalue weighted by Gasteiger charge is 2.29. The largest absolute Gasteiger partial charge is 0.483 e. The summed E-state index contributed by atoms with van der Waals surface area (Å²) in [6.07, 6.45) is 1.73. The Balaban J connectivity index is 2.00. The molecule has 0 saturated heterocycles. The molecule has 0 N–H and O–H groups in total. The molecule has 1 aromatic rings. The van der Waals surface area contributed by atoms with Crippen LogP contribution >= 0.6 is 0 Å². The molecule has 0 aromatic heterocycles. The summed E-state index contributed by atoms with van der Waals surface area (Å²) in [5, 5.41) is 10.4. The highest BCUT2D eigenvalue weighted by atomic mass is 19.1. The molecule has 1 fully saturated rings. The van der Waals surface area contributed by atoms with Gasteiger partial charge in [-0.2, -0.15) is 0 Å². The average molecular weight is 239 g/mol. The molecular weight excluding hydrogens is 229 g/mol. The summed E-state index contributed by atoms with van der Waals surface area (Å²) in [6.45, 7) is -0.181. The van der Waals surface area contributed by atoms with Gasteiger partial charge in [0.15, 0.2) is 17.3 Å². The molecule has 90 valence electrons. The van der Waals surface area contributed by atoms with Crippen molar-refractivity contribution in [3.05, 3.63) is 34.1 Å². The van der Waals surface area contributed by atoms with Crippen molar-refractivity contribution in [3.8, 4) is 5.75 Å². The van der Waals surface area contributed by atoms with Crippen molar-refractivity contribution >= 4 is 11.5 Å². The van der Waals surface area contributed by atoms with E-state index >= 15 is 0 Å². The van der Waals surface area contributed by atoms with Gasteiger partial charge < -0.3 is 4.74 Å². The molecule has 0 heterocycles. The molecule has 1 saturated carbocycles. The minimum atomic E-state index is -0.831. The second kappa shape index (κ2) is 4.48. The highest BCUT2D eigenvalue weighted by Crippen LogP contribution is 2.30. The lowest BCUT2D eigenvalue weighted by molar-refractivity contribution is -0.385. The van der Waals surface area contributed by atoms with E-state index < -0.39 is 10.7 Å². The van der Waals surface area contributed by atoms with E-state index in [-0.39, 0.29) is 29.7 Å². The number of hydrogen-bond donors (Lipinski definition) is 0. The first-order valence-corrected chi connectivity index (χ1v) is 5.17. The molecule has 0 radical (unpaired) electrons. The van der Waals surface area contributed by atoms with Crippen LogP contribution in [0.1, 0.15) is 12.8 Å². The minimum Gasteiger partial charge on any atom is -0.483 e. The van der Waals surface area contributed by atoms with Crippen LogP contribution in [0.4, 0.5) is 10.1 Å². The van der Waals surface area contributed by atoms with E-state index in [0.29, 0.717) is 0 Å². The molecule has 0 aliphatic heterocycles. The smallest absolute Gasteiger partial charge is 0.272 e. The first-order valence-electron chi connectivity index (χ1n) is 5.17. The fourth-order valence-electron chi connectivity index (χ4n) is 1.39. The molecule has 0 bridgehead atoms. The van der Waals surface area contributed by atoms with E-state index in [1.165, 1.54) is 0 Å². The van der Waals surface area contributed by atoms with E-state index in [4.69, 9.17) is 4.74 Å². The summed E-state index contributed by atoms with van der Waals surface area (Å²) in [4.78, 5) is 21.0. The van der Waals surface area contributed by atoms with Crippen LogP contribution in [0, 0.1) is 21.8 Å². The van der Waals surface area contributed by atoms with Crippen molar-refractivity contribution in [1.29, 1.82) is 0 Å². The van der Waals surface area contributed by atoms with Gasteiger partial charge in [-0.05, 0) is 18.9 Å². The lowest BCUT2D eigenvalue weighted by atomic mass is 10.2. The molecule has 1 aromatic carbocycles. The van der Waals surface area contributed by atoms with Gasteiger partial charge in [-0.1, -0.05) is 0 Å². The number of nitro groups is 1. The standard InChI is InChI=1S/C11H10FNO4/c12-9-5-8(13(15)16)3-4-11(9)17-6-10(14)7-1-2-7/h3-5,7H,1-2,6H2. The van der Waals surface area contributed by atoms with Crippen LogP contribution < -0.4 is 4.74 Å². The number of ketones is 1. The summed E-state index contributed by atoms with van der Waals surface area (Å²) in [7, 11) is 0. The zero-order valence-corrected chi connectivity index (χ0v) is 8.89. The predicted octanol–water partition coefficient (Wildman–Crippen LogP) is 2.09. The van der Waals surface area contributed by atoms with Gasteiger partial charge in [0.1, 0.15) is 6.61 Å². The quantitative estimate of drug-likeness (QED) is 0.582. The number of rotatable bonds is 5. The maximum absolute atomic E-state index is 13.3. The molecule has 6 heteroatoms. The van der Waals surface area contributed by atoms with Crippen molar-refractivity contribution in [2.75, 3.05) is 6.61 Å². The SMILES string of the molecule is O=C(COc1ccc([N+](=O)[O-])cc1F)C1CC1. The van der Waals surface area contributed by atoms with Crippen molar-refractivity contribution in [3.63, 3.8) is 0 Å². The Morgan fingerprint density at radius 2 is 2.24 bits per heavy atom. The molecule has 17 heavy (non-hydrogen) atoms. The molecule has 1 aliphatic rings. The second-order valence-electron chi connectivity index (χ2n) is 3.90. The minimum absolute atomic E-state index is 0.0520. The summed E-state index contributed by atoms with van der Waals surface area (Å²) in [5.41, 5.74) is -0.344. The second-order valence-corrected chi connectivity index (χ2v) is 3.90. The lowest BCUT2D eigenvalue weighted by Crippen LogP contribution is -2.13. The molecule has 5 nitrogen and oxygen atoms in total. The van der Waals surface area contributed by atoms with Crippen molar-refractivity contribution < 1.29 is 18.8 Å². The zero-order valence-electron chi connectivity index (χ0n) is 8.89. The Morgan fingerprint density at radius 1 is 1.53 bits per heavy atom. The highest BCUT2D eigenvalue weighted by molar-refractivity contribution is 5.84. The Labute approximate surface area is 96.3 Å². The van der Waals surface area contributed by atoms with Gasteiger partial charge >= 0.3 is 0 Å². The topological polar surface area (TPSA) is 69.4 Å². The van der Waals surface area contributed by atoms with Gasteiger partial charge in [0.05, 0.1) is 11.0 Å². The summed E-state index contributed by atoms with van der Waals surface area (Å²) in [5.74, 6) is -0.966. The zero-order chi connectivity index (χ0) is 12.4. The van der Waals surface area contributed by atoms with Crippen LogP contribution in [0.25, 0.3) is 0 Å². The summed E-state index contributed by atoms with van der Waals surface area (Å²) < 4.78 is 18.3. The Bertz CT molecular complexity index is 471.